The Bertz CT molecular complexity index is 468. The summed E-state index contributed by atoms with van der Waals surface area (Å²) in [5, 5.41) is 9.14. The Labute approximate surface area is 125 Å². The van der Waals surface area contributed by atoms with E-state index >= 15 is 0 Å². The summed E-state index contributed by atoms with van der Waals surface area (Å²) in [5.74, 6) is 1.89. The Morgan fingerprint density at radius 1 is 1.24 bits per heavy atom. The van der Waals surface area contributed by atoms with Gasteiger partial charge in [-0.05, 0) is 42.6 Å². The van der Waals surface area contributed by atoms with Gasteiger partial charge >= 0.3 is 6.09 Å². The van der Waals surface area contributed by atoms with E-state index in [9.17, 15) is 4.79 Å². The Hall–Kier alpha value is -1.55. The lowest BCUT2D eigenvalue weighted by Gasteiger charge is -2.31. The van der Waals surface area contributed by atoms with E-state index in [1.165, 1.54) is 6.42 Å². The molecule has 1 aliphatic heterocycles. The van der Waals surface area contributed by atoms with Gasteiger partial charge in [0.1, 0.15) is 6.61 Å². The summed E-state index contributed by atoms with van der Waals surface area (Å²) in [6, 6.07) is 9.76. The predicted molar refractivity (Wildman–Crippen MR) is 79.6 cm³/mol. The lowest BCUT2D eigenvalue weighted by atomic mass is 9.91. The summed E-state index contributed by atoms with van der Waals surface area (Å²) in [4.78, 5) is 13.9. The van der Waals surface area contributed by atoms with Crippen molar-refractivity contribution in [3.05, 3.63) is 35.9 Å². The molecule has 0 aromatic heterocycles. The minimum atomic E-state index is -0.202. The summed E-state index contributed by atoms with van der Waals surface area (Å²) >= 11 is 0. The number of carbonyl (C=O) groups is 1. The highest BCUT2D eigenvalue weighted by Crippen LogP contribution is 2.47. The topological polar surface area (TPSA) is 49.8 Å². The van der Waals surface area contributed by atoms with Crippen molar-refractivity contribution in [2.24, 2.45) is 17.8 Å². The maximum absolute atomic E-state index is 12.0. The van der Waals surface area contributed by atoms with Crippen molar-refractivity contribution < 1.29 is 14.6 Å². The van der Waals surface area contributed by atoms with Crippen molar-refractivity contribution >= 4 is 6.09 Å². The van der Waals surface area contributed by atoms with Gasteiger partial charge in [-0.15, -0.1) is 0 Å². The number of hydrogen-bond donors (Lipinski definition) is 1. The zero-order valence-electron chi connectivity index (χ0n) is 12.3. The van der Waals surface area contributed by atoms with Crippen LogP contribution in [-0.2, 0) is 11.3 Å². The van der Waals surface area contributed by atoms with Crippen molar-refractivity contribution in [2.75, 3.05) is 19.7 Å². The molecular formula is C17H23NO3. The van der Waals surface area contributed by atoms with Crippen LogP contribution in [0.3, 0.4) is 0 Å². The predicted octanol–water partition coefficient (Wildman–Crippen LogP) is 2.66. The van der Waals surface area contributed by atoms with Gasteiger partial charge in [-0.25, -0.2) is 4.79 Å². The maximum atomic E-state index is 12.0. The van der Waals surface area contributed by atoms with Gasteiger partial charge in [-0.2, -0.15) is 0 Å². The van der Waals surface area contributed by atoms with E-state index in [2.05, 4.69) is 0 Å². The number of likely N-dealkylation sites (tertiary alicyclic amines) is 1. The molecule has 1 aromatic carbocycles. The highest BCUT2D eigenvalue weighted by Gasteiger charge is 2.43. The van der Waals surface area contributed by atoms with Crippen LogP contribution in [0.1, 0.15) is 24.8 Å². The smallest absolute Gasteiger partial charge is 0.410 e. The molecule has 1 amide bonds. The molecule has 0 spiro atoms. The largest absolute Gasteiger partial charge is 0.445 e. The normalized spacial score (nSPS) is 25.7. The molecule has 114 valence electrons. The van der Waals surface area contributed by atoms with Crippen molar-refractivity contribution in [3.8, 4) is 0 Å². The van der Waals surface area contributed by atoms with E-state index in [0.717, 1.165) is 31.5 Å². The number of piperidine rings is 1. The molecule has 4 heteroatoms. The first kappa shape index (κ1) is 14.4. The lowest BCUT2D eigenvalue weighted by molar-refractivity contribution is 0.0791. The molecule has 1 unspecified atom stereocenters. The quantitative estimate of drug-likeness (QED) is 0.927. The van der Waals surface area contributed by atoms with Crippen LogP contribution in [0, 0.1) is 17.8 Å². The second-order valence-corrected chi connectivity index (χ2v) is 6.21. The molecule has 2 aliphatic rings. The van der Waals surface area contributed by atoms with E-state index in [4.69, 9.17) is 9.84 Å². The zero-order chi connectivity index (χ0) is 14.7. The molecule has 1 heterocycles. The van der Waals surface area contributed by atoms with Gasteiger partial charge in [0.15, 0.2) is 0 Å². The summed E-state index contributed by atoms with van der Waals surface area (Å²) in [7, 11) is 0. The molecule has 4 nitrogen and oxygen atoms in total. The lowest BCUT2D eigenvalue weighted by Crippen LogP contribution is -2.39. The van der Waals surface area contributed by atoms with Crippen molar-refractivity contribution in [1.29, 1.82) is 0 Å². The Kier molecular flexibility index (Phi) is 4.44. The number of aliphatic hydroxyl groups is 1. The van der Waals surface area contributed by atoms with Crippen molar-refractivity contribution in [2.45, 2.75) is 25.9 Å². The van der Waals surface area contributed by atoms with Gasteiger partial charge in [-0.1, -0.05) is 30.3 Å². The van der Waals surface area contributed by atoms with E-state index < -0.39 is 0 Å². The molecule has 2 atom stereocenters. The number of amides is 1. The molecule has 3 rings (SSSR count). The van der Waals surface area contributed by atoms with Crippen LogP contribution >= 0.6 is 0 Å². The minimum Gasteiger partial charge on any atom is -0.445 e. The van der Waals surface area contributed by atoms with Crippen LogP contribution in [0.4, 0.5) is 4.79 Å². The molecule has 0 bridgehead atoms. The molecule has 0 radical (unpaired) electrons. The fraction of sp³-hybridized carbons (Fsp3) is 0.588. The van der Waals surface area contributed by atoms with Gasteiger partial charge in [0.05, 0.1) is 0 Å². The molecule has 1 aromatic rings. The van der Waals surface area contributed by atoms with Crippen LogP contribution in [0.5, 0.6) is 0 Å². The first-order valence-corrected chi connectivity index (χ1v) is 7.84. The van der Waals surface area contributed by atoms with E-state index in [1.807, 2.05) is 35.2 Å². The number of hydrogen-bond acceptors (Lipinski definition) is 3. The van der Waals surface area contributed by atoms with Gasteiger partial charge in [-0.3, -0.25) is 0 Å². The Morgan fingerprint density at radius 3 is 2.57 bits per heavy atom. The standard InChI is InChI=1S/C17H23NO3/c19-11-15-10-16(15)14-6-8-18(9-7-14)17(20)21-12-13-4-2-1-3-5-13/h1-5,14-16,19H,6-12H2/t15-,16?/m0/s1. The molecule has 1 saturated heterocycles. The van der Waals surface area contributed by atoms with Crippen molar-refractivity contribution in [3.63, 3.8) is 0 Å². The van der Waals surface area contributed by atoms with E-state index in [0.29, 0.717) is 31.0 Å². The molecule has 1 N–H and O–H groups in total. The monoisotopic (exact) mass is 289 g/mol. The third kappa shape index (κ3) is 3.56. The fourth-order valence-corrected chi connectivity index (χ4v) is 3.38. The van der Waals surface area contributed by atoms with Crippen LogP contribution < -0.4 is 0 Å². The highest BCUT2D eigenvalue weighted by molar-refractivity contribution is 5.67. The van der Waals surface area contributed by atoms with Gasteiger partial charge in [0.2, 0.25) is 0 Å². The first-order valence-electron chi connectivity index (χ1n) is 7.84. The van der Waals surface area contributed by atoms with Crippen LogP contribution in [0.15, 0.2) is 30.3 Å². The van der Waals surface area contributed by atoms with Gasteiger partial charge in [0.25, 0.3) is 0 Å². The SMILES string of the molecule is O=C(OCc1ccccc1)N1CCC(C2C[C@H]2CO)CC1. The maximum Gasteiger partial charge on any atom is 0.410 e. The molecular weight excluding hydrogens is 266 g/mol. The first-order chi connectivity index (χ1) is 10.3. The Morgan fingerprint density at radius 2 is 1.95 bits per heavy atom. The van der Waals surface area contributed by atoms with Gasteiger partial charge < -0.3 is 14.7 Å². The van der Waals surface area contributed by atoms with E-state index in [1.54, 1.807) is 0 Å². The van der Waals surface area contributed by atoms with Crippen LogP contribution in [-0.4, -0.2) is 35.8 Å². The van der Waals surface area contributed by atoms with Crippen LogP contribution in [0.25, 0.3) is 0 Å². The molecule has 1 aliphatic carbocycles. The highest BCUT2D eigenvalue weighted by atomic mass is 16.6. The second kappa shape index (κ2) is 6.48. The number of ether oxygens (including phenoxy) is 1. The molecule has 1 saturated carbocycles. The zero-order valence-corrected chi connectivity index (χ0v) is 12.3. The number of carbonyl (C=O) groups excluding carboxylic acids is 1. The molecule has 21 heavy (non-hydrogen) atoms. The fourth-order valence-electron chi connectivity index (χ4n) is 3.38. The third-order valence-electron chi connectivity index (χ3n) is 4.82. The van der Waals surface area contributed by atoms with E-state index in [-0.39, 0.29) is 6.09 Å². The Balaban J connectivity index is 1.41. The summed E-state index contributed by atoms with van der Waals surface area (Å²) < 4.78 is 5.37. The van der Waals surface area contributed by atoms with Crippen molar-refractivity contribution in [1.82, 2.24) is 4.90 Å². The summed E-state index contributed by atoms with van der Waals surface area (Å²) in [6.07, 6.45) is 3.05. The average Bonchev–Trinajstić information content (AvgIpc) is 3.33. The average molecular weight is 289 g/mol. The number of nitrogens with zero attached hydrogens (tertiary/aromatic N) is 1. The molecule has 2 fully saturated rings. The number of rotatable bonds is 4. The summed E-state index contributed by atoms with van der Waals surface area (Å²) in [5.41, 5.74) is 1.02. The number of benzene rings is 1. The minimum absolute atomic E-state index is 0.202. The van der Waals surface area contributed by atoms with Crippen LogP contribution in [0.2, 0.25) is 0 Å². The number of aliphatic hydroxyl groups excluding tert-OH is 1. The van der Waals surface area contributed by atoms with Gasteiger partial charge in [0, 0.05) is 19.7 Å². The summed E-state index contributed by atoms with van der Waals surface area (Å²) in [6.45, 7) is 2.23. The second-order valence-electron chi connectivity index (χ2n) is 6.21. The third-order valence-corrected chi connectivity index (χ3v) is 4.82.